The standard InChI is InChI=1S/C33H37F3N2O5/c1-18(2)17-37(28(41)11-8-21-7-5-6-19(3)14-21)24-10-9-23-25-15-22-27(42-20(4)39)16-26(40)30-29(22)32(23,31(24)43-30)12-13-38(25)33(34,35)36/h5-8,11,14,16,18,23-25,31,40H,9-10,12-13,15,17H2,1-4H3/t23-,24-,25+,31-,32-/m0/s1. The third-order valence-electron chi connectivity index (χ3n) is 9.66. The van der Waals surface area contributed by atoms with Crippen LogP contribution >= 0.6 is 0 Å². The van der Waals surface area contributed by atoms with Crippen molar-refractivity contribution in [2.75, 3.05) is 13.1 Å². The van der Waals surface area contributed by atoms with Gasteiger partial charge in [0.15, 0.2) is 11.5 Å². The topological polar surface area (TPSA) is 79.3 Å². The van der Waals surface area contributed by atoms with Crippen LogP contribution in [0.5, 0.6) is 17.2 Å². The highest BCUT2D eigenvalue weighted by molar-refractivity contribution is 5.92. The van der Waals surface area contributed by atoms with E-state index in [4.69, 9.17) is 9.47 Å². The number of rotatable bonds is 6. The smallest absolute Gasteiger partial charge is 0.460 e. The molecule has 0 aromatic heterocycles. The van der Waals surface area contributed by atoms with Crippen molar-refractivity contribution < 1.29 is 37.3 Å². The number of likely N-dealkylation sites (tertiary alicyclic amines) is 1. The third kappa shape index (κ3) is 4.87. The molecular weight excluding hydrogens is 561 g/mol. The van der Waals surface area contributed by atoms with Crippen molar-refractivity contribution in [3.8, 4) is 17.2 Å². The Balaban J connectivity index is 1.45. The zero-order valence-electron chi connectivity index (χ0n) is 24.8. The van der Waals surface area contributed by atoms with Crippen LogP contribution in [0, 0.1) is 18.8 Å². The average molecular weight is 599 g/mol. The Bertz CT molecular complexity index is 1490. The first-order chi connectivity index (χ1) is 20.3. The summed E-state index contributed by atoms with van der Waals surface area (Å²) in [5.74, 6) is -1.02. The SMILES string of the molecule is CC(=O)Oc1cc(O)c2c3c1C[C@@H]1[C@@H]4CC[C@H](N(CC(C)C)C(=O)C=Cc5cccc(C)c5)[C@H](O2)[C@]34CCN1C(F)(F)F. The molecule has 7 nitrogen and oxygen atoms in total. The number of hydrogen-bond acceptors (Lipinski definition) is 6. The Kier molecular flexibility index (Phi) is 7.26. The van der Waals surface area contributed by atoms with Crippen LogP contribution < -0.4 is 9.47 Å². The molecule has 2 aliphatic heterocycles. The molecule has 2 fully saturated rings. The summed E-state index contributed by atoms with van der Waals surface area (Å²) in [7, 11) is 0. The highest BCUT2D eigenvalue weighted by atomic mass is 19.4. The van der Waals surface area contributed by atoms with Crippen LogP contribution in [0.25, 0.3) is 6.08 Å². The summed E-state index contributed by atoms with van der Waals surface area (Å²) < 4.78 is 55.1. The number of hydrogen-bond donors (Lipinski definition) is 1. The van der Waals surface area contributed by atoms with E-state index < -0.39 is 41.8 Å². The lowest BCUT2D eigenvalue weighted by Crippen LogP contribution is -2.70. The number of halogens is 3. The molecule has 4 aliphatic rings. The lowest BCUT2D eigenvalue weighted by atomic mass is 9.50. The summed E-state index contributed by atoms with van der Waals surface area (Å²) in [6.07, 6.45) is -0.763. The minimum absolute atomic E-state index is 0.0196. The molecule has 2 aromatic rings. The van der Waals surface area contributed by atoms with Gasteiger partial charge in [-0.1, -0.05) is 43.7 Å². The molecule has 1 N–H and O–H groups in total. The summed E-state index contributed by atoms with van der Waals surface area (Å²) in [5.41, 5.74) is 2.22. The Labute approximate surface area is 249 Å². The largest absolute Gasteiger partial charge is 0.504 e. The van der Waals surface area contributed by atoms with Gasteiger partial charge in [-0.2, -0.15) is 13.2 Å². The Morgan fingerprint density at radius 2 is 2.02 bits per heavy atom. The van der Waals surface area contributed by atoms with Gasteiger partial charge in [-0.15, -0.1) is 0 Å². The van der Waals surface area contributed by atoms with Crippen molar-refractivity contribution in [1.29, 1.82) is 0 Å². The minimum atomic E-state index is -4.53. The Morgan fingerprint density at radius 1 is 1.26 bits per heavy atom. The van der Waals surface area contributed by atoms with Crippen molar-refractivity contribution in [1.82, 2.24) is 9.80 Å². The summed E-state index contributed by atoms with van der Waals surface area (Å²) >= 11 is 0. The number of benzene rings is 2. The Morgan fingerprint density at radius 3 is 2.70 bits per heavy atom. The molecule has 1 spiro atoms. The highest BCUT2D eigenvalue weighted by Crippen LogP contribution is 2.66. The van der Waals surface area contributed by atoms with Gasteiger partial charge in [-0.25, -0.2) is 4.90 Å². The maximum absolute atomic E-state index is 14.4. The number of aromatic hydroxyl groups is 1. The molecule has 10 heteroatoms. The fourth-order valence-corrected chi connectivity index (χ4v) is 8.27. The van der Waals surface area contributed by atoms with Crippen molar-refractivity contribution in [2.24, 2.45) is 11.8 Å². The number of phenolic OH excluding ortho intramolecular Hbond substituents is 1. The molecule has 1 amide bonds. The third-order valence-corrected chi connectivity index (χ3v) is 9.66. The lowest BCUT2D eigenvalue weighted by Gasteiger charge is -2.60. The van der Waals surface area contributed by atoms with E-state index in [1.54, 1.807) is 12.2 Å². The molecule has 230 valence electrons. The fraction of sp³-hybridized carbons (Fsp3) is 0.515. The zero-order valence-corrected chi connectivity index (χ0v) is 24.8. The second-order valence-corrected chi connectivity index (χ2v) is 12.8. The number of esters is 1. The van der Waals surface area contributed by atoms with Crippen molar-refractivity contribution >= 4 is 18.0 Å². The minimum Gasteiger partial charge on any atom is -0.504 e. The van der Waals surface area contributed by atoms with E-state index in [2.05, 4.69) is 0 Å². The van der Waals surface area contributed by atoms with Crippen LogP contribution in [-0.2, 0) is 21.4 Å². The van der Waals surface area contributed by atoms with Crippen LogP contribution in [0.3, 0.4) is 0 Å². The van der Waals surface area contributed by atoms with Gasteiger partial charge in [0.25, 0.3) is 0 Å². The van der Waals surface area contributed by atoms with Crippen molar-refractivity contribution in [3.63, 3.8) is 0 Å². The first kappa shape index (κ1) is 29.5. The van der Waals surface area contributed by atoms with Gasteiger partial charge in [0.1, 0.15) is 11.9 Å². The summed E-state index contributed by atoms with van der Waals surface area (Å²) in [4.78, 5) is 28.3. The summed E-state index contributed by atoms with van der Waals surface area (Å²) in [6, 6.07) is 7.78. The van der Waals surface area contributed by atoms with E-state index in [-0.39, 0.29) is 48.5 Å². The number of aryl methyl sites for hydroxylation is 1. The average Bonchev–Trinajstić information content (AvgIpc) is 3.25. The zero-order chi connectivity index (χ0) is 30.8. The first-order valence-corrected chi connectivity index (χ1v) is 14.9. The quantitative estimate of drug-likeness (QED) is 0.198. The molecule has 1 saturated carbocycles. The van der Waals surface area contributed by atoms with E-state index in [0.717, 1.165) is 11.1 Å². The van der Waals surface area contributed by atoms with Crippen LogP contribution in [-0.4, -0.2) is 64.4 Å². The predicted octanol–water partition coefficient (Wildman–Crippen LogP) is 5.75. The van der Waals surface area contributed by atoms with Gasteiger partial charge in [-0.3, -0.25) is 9.59 Å². The molecular formula is C33H37F3N2O5. The number of amides is 1. The molecule has 2 aliphatic carbocycles. The van der Waals surface area contributed by atoms with Crippen molar-refractivity contribution in [3.05, 3.63) is 58.7 Å². The van der Waals surface area contributed by atoms with Crippen LogP contribution in [0.4, 0.5) is 13.2 Å². The number of carbonyl (C=O) groups excluding carboxylic acids is 2. The van der Waals surface area contributed by atoms with Gasteiger partial charge < -0.3 is 19.5 Å². The van der Waals surface area contributed by atoms with Gasteiger partial charge in [-0.05, 0) is 56.1 Å². The molecule has 2 heterocycles. The van der Waals surface area contributed by atoms with Crippen LogP contribution in [0.1, 0.15) is 62.3 Å². The first-order valence-electron chi connectivity index (χ1n) is 14.9. The lowest BCUT2D eigenvalue weighted by molar-refractivity contribution is -0.281. The van der Waals surface area contributed by atoms with Gasteiger partial charge in [0.05, 0.1) is 6.04 Å². The van der Waals surface area contributed by atoms with E-state index in [0.29, 0.717) is 35.4 Å². The van der Waals surface area contributed by atoms with E-state index in [1.165, 1.54) is 13.0 Å². The Hall–Kier alpha value is -3.53. The van der Waals surface area contributed by atoms with E-state index in [9.17, 15) is 27.9 Å². The van der Waals surface area contributed by atoms with Crippen molar-refractivity contribution in [2.45, 2.75) is 83.3 Å². The number of nitrogens with zero attached hydrogens (tertiary/aromatic N) is 2. The highest BCUT2D eigenvalue weighted by Gasteiger charge is 2.69. The second-order valence-electron chi connectivity index (χ2n) is 12.8. The second kappa shape index (κ2) is 10.6. The molecule has 0 radical (unpaired) electrons. The van der Waals surface area contributed by atoms with Crippen LogP contribution in [0.2, 0.25) is 0 Å². The van der Waals surface area contributed by atoms with Gasteiger partial charge in [0, 0.05) is 54.7 Å². The maximum Gasteiger partial charge on any atom is 0.460 e. The normalized spacial score (nSPS) is 27.6. The van der Waals surface area contributed by atoms with Gasteiger partial charge in [0.2, 0.25) is 5.91 Å². The molecule has 43 heavy (non-hydrogen) atoms. The monoisotopic (exact) mass is 598 g/mol. The predicted molar refractivity (Wildman–Crippen MR) is 154 cm³/mol. The molecule has 6 rings (SSSR count). The molecule has 2 bridgehead atoms. The number of phenols is 1. The number of alkyl halides is 3. The van der Waals surface area contributed by atoms with E-state index >= 15 is 0 Å². The molecule has 2 aromatic carbocycles. The van der Waals surface area contributed by atoms with Gasteiger partial charge >= 0.3 is 12.3 Å². The summed E-state index contributed by atoms with van der Waals surface area (Å²) in [5, 5.41) is 11.1. The molecule has 5 atom stereocenters. The maximum atomic E-state index is 14.4. The summed E-state index contributed by atoms with van der Waals surface area (Å²) in [6.45, 7) is 7.46. The number of carbonyl (C=O) groups is 2. The molecule has 1 saturated heterocycles. The number of ether oxygens (including phenoxy) is 2. The fourth-order valence-electron chi connectivity index (χ4n) is 8.27. The van der Waals surface area contributed by atoms with E-state index in [1.807, 2.05) is 49.9 Å². The van der Waals surface area contributed by atoms with Crippen LogP contribution in [0.15, 0.2) is 36.4 Å². The molecule has 0 unspecified atom stereocenters. The number of piperidine rings is 1.